The van der Waals surface area contributed by atoms with E-state index in [-0.39, 0.29) is 58.8 Å². The fourth-order valence-electron chi connectivity index (χ4n) is 4.27. The van der Waals surface area contributed by atoms with Crippen LogP contribution in [-0.4, -0.2) is 63.8 Å². The Hall–Kier alpha value is -5.28. The van der Waals surface area contributed by atoms with Crippen LogP contribution >= 0.6 is 0 Å². The number of aromatic carboxylic acids is 1. The van der Waals surface area contributed by atoms with Gasteiger partial charge < -0.3 is 20.8 Å². The van der Waals surface area contributed by atoms with Crippen LogP contribution in [0.2, 0.25) is 0 Å². The number of esters is 1. The van der Waals surface area contributed by atoms with E-state index in [1.165, 1.54) is 64.0 Å². The number of carbonyl (C=O) groups excluding carboxylic acids is 1. The topological polar surface area (TPSA) is 185 Å². The number of hydrogen-bond donors (Lipinski definition) is 1. The first-order chi connectivity index (χ1) is 21.8. The van der Waals surface area contributed by atoms with Crippen molar-refractivity contribution in [1.82, 2.24) is 29.2 Å². The molecule has 0 aliphatic carbocycles. The summed E-state index contributed by atoms with van der Waals surface area (Å²) in [4.78, 5) is 31.5. The van der Waals surface area contributed by atoms with E-state index < -0.39 is 35.4 Å². The normalized spacial score (nSPS) is 11.0. The summed E-state index contributed by atoms with van der Waals surface area (Å²) >= 11 is 0. The van der Waals surface area contributed by atoms with E-state index in [4.69, 9.17) is 9.84 Å². The quantitative estimate of drug-likeness (QED) is 0.162. The third kappa shape index (κ3) is 8.80. The molecule has 0 amide bonds. The minimum atomic E-state index is -4.41. The second-order valence-corrected chi connectivity index (χ2v) is 9.45. The molecule has 0 aliphatic rings. The van der Waals surface area contributed by atoms with Gasteiger partial charge in [-0.1, -0.05) is 24.3 Å². The zero-order valence-corrected chi connectivity index (χ0v) is 25.4. The molecule has 2 aromatic carbocycles. The number of benzene rings is 2. The molecule has 4 heterocycles. The second-order valence-electron chi connectivity index (χ2n) is 9.45. The molecule has 6 rings (SSSR count). The third-order valence-electron chi connectivity index (χ3n) is 6.46. The van der Waals surface area contributed by atoms with Crippen molar-refractivity contribution in [3.63, 3.8) is 0 Å². The van der Waals surface area contributed by atoms with Crippen LogP contribution in [-0.2, 0) is 17.1 Å². The molecule has 0 saturated carbocycles. The molecule has 0 aliphatic heterocycles. The average Bonchev–Trinajstić information content (AvgIpc) is 3.65. The van der Waals surface area contributed by atoms with Gasteiger partial charge in [-0.15, -0.1) is 0 Å². The van der Waals surface area contributed by atoms with Crippen LogP contribution in [0.4, 0.5) is 26.3 Å². The Morgan fingerprint density at radius 3 is 1.47 bits per heavy atom. The van der Waals surface area contributed by atoms with Crippen molar-refractivity contribution < 1.29 is 75.6 Å². The fraction of sp³-hybridized carbons (Fsp3) is 0.133. The summed E-state index contributed by atoms with van der Waals surface area (Å²) in [7, 11) is 0. The van der Waals surface area contributed by atoms with Crippen LogP contribution < -0.4 is 18.9 Å². The number of ether oxygens (including phenoxy) is 1. The summed E-state index contributed by atoms with van der Waals surface area (Å²) in [5, 5.41) is 17.1. The predicted molar refractivity (Wildman–Crippen MR) is 155 cm³/mol. The first kappa shape index (κ1) is 39.9. The van der Waals surface area contributed by atoms with Crippen LogP contribution in [0.25, 0.3) is 33.8 Å². The average molecular weight is 684 g/mol. The van der Waals surface area contributed by atoms with Gasteiger partial charge in [-0.25, -0.2) is 28.6 Å². The summed E-state index contributed by atoms with van der Waals surface area (Å²) < 4.78 is 83.1. The number of aromatic nitrogens is 6. The number of imidazole rings is 2. The second kappa shape index (κ2) is 15.7. The molecule has 0 saturated heterocycles. The van der Waals surface area contributed by atoms with Crippen molar-refractivity contribution in [3.05, 3.63) is 108 Å². The van der Waals surface area contributed by atoms with Crippen LogP contribution in [0.15, 0.2) is 85.5 Å². The van der Waals surface area contributed by atoms with Gasteiger partial charge in [0.25, 0.3) is 0 Å². The monoisotopic (exact) mass is 684 g/mol. The van der Waals surface area contributed by atoms with Crippen molar-refractivity contribution >= 4 is 23.2 Å². The first-order valence-corrected chi connectivity index (χ1v) is 13.2. The van der Waals surface area contributed by atoms with Gasteiger partial charge in [-0.2, -0.15) is 36.5 Å². The number of carboxylic acid groups (broad SMARTS) is 1. The van der Waals surface area contributed by atoms with E-state index in [0.29, 0.717) is 22.5 Å². The molecule has 4 N–H and O–H groups in total. The predicted octanol–water partition coefficient (Wildman–Crippen LogP) is 2.71. The van der Waals surface area contributed by atoms with E-state index in [1.807, 2.05) is 0 Å². The first-order valence-electron chi connectivity index (χ1n) is 13.2. The number of hydrogen-bond acceptors (Lipinski definition) is 8. The molecule has 6 aromatic rings. The molecule has 0 fully saturated rings. The number of fused-ring (bicyclic) bond motifs is 2. The molecule has 12 nitrogen and oxygen atoms in total. The molecule has 19 heteroatoms. The molecule has 252 valence electrons. The zero-order chi connectivity index (χ0) is 33.2. The summed E-state index contributed by atoms with van der Waals surface area (Å²) in [6, 6.07) is 11.9. The van der Waals surface area contributed by atoms with Crippen LogP contribution in [0.1, 0.15) is 38.8 Å². The van der Waals surface area contributed by atoms with Crippen LogP contribution in [0, 0.1) is 0 Å². The number of halogens is 6. The molecule has 0 bridgehead atoms. The molecule has 0 radical (unpaired) electrons. The van der Waals surface area contributed by atoms with Gasteiger partial charge in [0.1, 0.15) is 11.1 Å². The molecule has 0 unspecified atom stereocenters. The maximum absolute atomic E-state index is 12.6. The van der Waals surface area contributed by atoms with Gasteiger partial charge in [0, 0.05) is 23.5 Å². The molecule has 49 heavy (non-hydrogen) atoms. The Bertz CT molecular complexity index is 2050. The summed E-state index contributed by atoms with van der Waals surface area (Å²) in [6.07, 6.45) is -3.05. The molecule has 0 spiro atoms. The standard InChI is InChI=1S/C16H12F3N3O2.C14H8F3N3O2.Li.2H2O/c1-2-24-15(23)12-7-8-20-22-9-13(21-14(12)22)10-3-5-11(6-4-10)16(17,18)19;15-14(16,17)9-3-1-8(2-4-9)11-7-20-12(19-11)10(13(21)22)5-6-18-20;;;/h3-9H,2H2,1H3;1-7H,(H,21,22);;2*1H2/q;;+1;;/p-1. The van der Waals surface area contributed by atoms with E-state index in [1.54, 1.807) is 13.1 Å². The van der Waals surface area contributed by atoms with Crippen molar-refractivity contribution in [2.24, 2.45) is 0 Å². The fourth-order valence-corrected chi connectivity index (χ4v) is 4.27. The van der Waals surface area contributed by atoms with Crippen molar-refractivity contribution in [3.8, 4) is 22.5 Å². The minimum Gasteiger partial charge on any atom is -0.870 e. The number of carboxylic acids is 1. The Kier molecular flexibility index (Phi) is 12.8. The van der Waals surface area contributed by atoms with Crippen LogP contribution in [0.5, 0.6) is 0 Å². The smallest absolute Gasteiger partial charge is 0.870 e. The summed E-state index contributed by atoms with van der Waals surface area (Å²) in [5.74, 6) is -1.69. The van der Waals surface area contributed by atoms with E-state index in [2.05, 4.69) is 20.2 Å². The SMILES string of the molecule is CCOC(=O)c1ccnn2cc(-c3ccc(C(F)(F)F)cc3)nc12.O.O=C(O)c1ccnn2cc(-c3ccc(C(F)(F)F)cc3)nc12.[Li+].[OH-]. The number of rotatable bonds is 5. The summed E-state index contributed by atoms with van der Waals surface area (Å²) in [6.45, 7) is 1.91. The van der Waals surface area contributed by atoms with E-state index in [0.717, 1.165) is 24.3 Å². The van der Waals surface area contributed by atoms with Gasteiger partial charge in [-0.05, 0) is 43.3 Å². The van der Waals surface area contributed by atoms with Gasteiger partial charge in [0.15, 0.2) is 11.3 Å². The Labute approximate surface area is 283 Å². The van der Waals surface area contributed by atoms with E-state index in [9.17, 15) is 35.9 Å². The third-order valence-corrected chi connectivity index (χ3v) is 6.46. The Balaban J connectivity index is 0.000000321. The Morgan fingerprint density at radius 2 is 1.10 bits per heavy atom. The maximum Gasteiger partial charge on any atom is 1.00 e. The van der Waals surface area contributed by atoms with Gasteiger partial charge in [0.05, 0.1) is 41.5 Å². The number of carbonyl (C=O) groups is 2. The molecular weight excluding hydrogens is 661 g/mol. The molecule has 4 aromatic heterocycles. The number of nitrogens with zero attached hydrogens (tertiary/aromatic N) is 6. The van der Waals surface area contributed by atoms with Gasteiger partial charge in [-0.3, -0.25) is 0 Å². The number of alkyl halides is 6. The maximum atomic E-state index is 12.6. The molecular formula is C30H23F6LiN6O6. The van der Waals surface area contributed by atoms with Crippen LogP contribution in [0.3, 0.4) is 0 Å². The van der Waals surface area contributed by atoms with Crippen molar-refractivity contribution in [2.45, 2.75) is 19.3 Å². The van der Waals surface area contributed by atoms with Gasteiger partial charge >= 0.3 is 43.2 Å². The van der Waals surface area contributed by atoms with Gasteiger partial charge in [0.2, 0.25) is 0 Å². The van der Waals surface area contributed by atoms with Crippen molar-refractivity contribution in [2.75, 3.05) is 6.61 Å². The largest absolute Gasteiger partial charge is 1.00 e. The molecule has 0 atom stereocenters. The summed E-state index contributed by atoms with van der Waals surface area (Å²) in [5.41, 5.74) is 0.805. The Morgan fingerprint density at radius 1 is 0.714 bits per heavy atom. The zero-order valence-electron chi connectivity index (χ0n) is 25.4. The van der Waals surface area contributed by atoms with E-state index >= 15 is 0 Å². The minimum absolute atomic E-state index is 0. The van der Waals surface area contributed by atoms with Crippen molar-refractivity contribution in [1.29, 1.82) is 0 Å².